The standard InChI is InChI=1S/C22H20F3N5O2/c1-13(29-21(31)22(23,24)25)20(14-3-6-18(32-2)7-4-14)30-19-8-5-15(9-16(19)12-28-30)17-10-26-27-11-17/h3-13,20H,1-2H3,(H,26,27)(H,29,31)/t13-,20-/m0/s1. The zero-order valence-electron chi connectivity index (χ0n) is 17.2. The van der Waals surface area contributed by atoms with Gasteiger partial charge in [0.1, 0.15) is 5.75 Å². The Morgan fingerprint density at radius 2 is 1.88 bits per heavy atom. The second-order valence-electron chi connectivity index (χ2n) is 7.33. The molecule has 0 saturated carbocycles. The number of fused-ring (bicyclic) bond motifs is 1. The van der Waals surface area contributed by atoms with Crippen molar-refractivity contribution in [1.82, 2.24) is 25.3 Å². The number of nitrogens with one attached hydrogen (secondary N) is 2. The Morgan fingerprint density at radius 1 is 1.12 bits per heavy atom. The van der Waals surface area contributed by atoms with Gasteiger partial charge in [0.05, 0.1) is 37.1 Å². The number of ether oxygens (including phenoxy) is 1. The summed E-state index contributed by atoms with van der Waals surface area (Å²) in [6.07, 6.45) is 0.124. The number of rotatable bonds is 6. The lowest BCUT2D eigenvalue weighted by Gasteiger charge is -2.27. The van der Waals surface area contributed by atoms with E-state index < -0.39 is 24.2 Å². The van der Waals surface area contributed by atoms with Gasteiger partial charge in [0, 0.05) is 17.1 Å². The zero-order valence-corrected chi connectivity index (χ0v) is 17.2. The van der Waals surface area contributed by atoms with Crippen LogP contribution in [-0.4, -0.2) is 45.2 Å². The molecule has 32 heavy (non-hydrogen) atoms. The number of alkyl halides is 3. The number of halogens is 3. The maximum absolute atomic E-state index is 12.9. The fraction of sp³-hybridized carbons (Fsp3) is 0.227. The minimum Gasteiger partial charge on any atom is -0.497 e. The van der Waals surface area contributed by atoms with E-state index >= 15 is 0 Å². The van der Waals surface area contributed by atoms with Crippen LogP contribution in [0.3, 0.4) is 0 Å². The van der Waals surface area contributed by atoms with Gasteiger partial charge in [-0.15, -0.1) is 0 Å². The minimum atomic E-state index is -4.98. The average Bonchev–Trinajstić information content (AvgIpc) is 3.44. The van der Waals surface area contributed by atoms with Crippen LogP contribution >= 0.6 is 0 Å². The average molecular weight is 443 g/mol. The van der Waals surface area contributed by atoms with Gasteiger partial charge < -0.3 is 10.1 Å². The predicted molar refractivity (Wildman–Crippen MR) is 112 cm³/mol. The SMILES string of the molecule is COc1ccc([C@H]([C@H](C)NC(=O)C(F)(F)F)n2ncc3cc(-c4cn[nH]c4)ccc32)cc1. The molecule has 2 heterocycles. The Morgan fingerprint density at radius 3 is 2.50 bits per heavy atom. The smallest absolute Gasteiger partial charge is 0.471 e. The summed E-state index contributed by atoms with van der Waals surface area (Å²) in [6, 6.07) is 11.0. The lowest BCUT2D eigenvalue weighted by Crippen LogP contribution is -2.46. The number of carbonyl (C=O) groups excluding carboxylic acids is 1. The van der Waals surface area contributed by atoms with Crippen LogP contribution in [0.25, 0.3) is 22.0 Å². The first kappa shape index (κ1) is 21.4. The number of aromatic nitrogens is 4. The van der Waals surface area contributed by atoms with E-state index in [0.29, 0.717) is 16.8 Å². The summed E-state index contributed by atoms with van der Waals surface area (Å²) in [5.74, 6) is -1.39. The molecule has 4 aromatic rings. The van der Waals surface area contributed by atoms with Gasteiger partial charge in [-0.05, 0) is 42.3 Å². The van der Waals surface area contributed by atoms with E-state index in [2.05, 4.69) is 20.6 Å². The molecular formula is C22H20F3N5O2. The molecule has 2 atom stereocenters. The highest BCUT2D eigenvalue weighted by molar-refractivity contribution is 5.85. The van der Waals surface area contributed by atoms with Crippen LogP contribution in [-0.2, 0) is 4.79 Å². The van der Waals surface area contributed by atoms with E-state index in [-0.39, 0.29) is 0 Å². The fourth-order valence-corrected chi connectivity index (χ4v) is 3.67. The lowest BCUT2D eigenvalue weighted by molar-refractivity contribution is -0.174. The van der Waals surface area contributed by atoms with Gasteiger partial charge in [0.15, 0.2) is 0 Å². The summed E-state index contributed by atoms with van der Waals surface area (Å²) in [5.41, 5.74) is 3.21. The highest BCUT2D eigenvalue weighted by Crippen LogP contribution is 2.30. The van der Waals surface area contributed by atoms with Crippen molar-refractivity contribution in [2.24, 2.45) is 0 Å². The van der Waals surface area contributed by atoms with Crippen LogP contribution in [0.5, 0.6) is 5.75 Å². The third-order valence-electron chi connectivity index (χ3n) is 5.24. The topological polar surface area (TPSA) is 84.8 Å². The van der Waals surface area contributed by atoms with Crippen LogP contribution in [0, 0.1) is 0 Å². The molecule has 0 fully saturated rings. The molecule has 2 N–H and O–H groups in total. The fourth-order valence-electron chi connectivity index (χ4n) is 3.67. The Balaban J connectivity index is 1.76. The Bertz CT molecular complexity index is 1220. The van der Waals surface area contributed by atoms with Crippen LogP contribution in [0.4, 0.5) is 13.2 Å². The van der Waals surface area contributed by atoms with Crippen molar-refractivity contribution in [2.75, 3.05) is 7.11 Å². The first-order valence-electron chi connectivity index (χ1n) is 9.76. The van der Waals surface area contributed by atoms with Crippen molar-refractivity contribution in [1.29, 1.82) is 0 Å². The van der Waals surface area contributed by atoms with Crippen molar-refractivity contribution < 1.29 is 22.7 Å². The molecule has 0 aliphatic heterocycles. The Kier molecular flexibility index (Phi) is 5.60. The normalized spacial score (nSPS) is 13.7. The maximum atomic E-state index is 12.9. The van der Waals surface area contributed by atoms with Gasteiger partial charge in [0.25, 0.3) is 0 Å². The molecule has 166 valence electrons. The maximum Gasteiger partial charge on any atom is 0.471 e. The van der Waals surface area contributed by atoms with Crippen molar-refractivity contribution >= 4 is 16.8 Å². The molecule has 0 aliphatic rings. The molecule has 7 nitrogen and oxygen atoms in total. The summed E-state index contributed by atoms with van der Waals surface area (Å²) in [6.45, 7) is 1.52. The molecule has 10 heteroatoms. The van der Waals surface area contributed by atoms with Gasteiger partial charge in [-0.2, -0.15) is 23.4 Å². The molecule has 0 bridgehead atoms. The van der Waals surface area contributed by atoms with Gasteiger partial charge in [-0.3, -0.25) is 14.6 Å². The monoisotopic (exact) mass is 443 g/mol. The molecule has 0 saturated heterocycles. The molecule has 2 aromatic carbocycles. The molecule has 0 aliphatic carbocycles. The highest BCUT2D eigenvalue weighted by atomic mass is 19.4. The molecule has 0 radical (unpaired) electrons. The van der Waals surface area contributed by atoms with E-state index in [1.54, 1.807) is 47.5 Å². The highest BCUT2D eigenvalue weighted by Gasteiger charge is 2.40. The third-order valence-corrected chi connectivity index (χ3v) is 5.24. The van der Waals surface area contributed by atoms with Crippen molar-refractivity contribution in [2.45, 2.75) is 25.2 Å². The van der Waals surface area contributed by atoms with Crippen LogP contribution < -0.4 is 10.1 Å². The number of methoxy groups -OCH3 is 1. The summed E-state index contributed by atoms with van der Waals surface area (Å²) in [4.78, 5) is 11.6. The molecule has 4 rings (SSSR count). The summed E-state index contributed by atoms with van der Waals surface area (Å²) in [5, 5.41) is 14.0. The first-order chi connectivity index (χ1) is 15.3. The molecular weight excluding hydrogens is 423 g/mol. The number of amides is 1. The van der Waals surface area contributed by atoms with Crippen molar-refractivity contribution in [3.05, 3.63) is 66.6 Å². The Labute approximate surface area is 181 Å². The largest absolute Gasteiger partial charge is 0.497 e. The summed E-state index contributed by atoms with van der Waals surface area (Å²) < 4.78 is 45.5. The van der Waals surface area contributed by atoms with Crippen LogP contribution in [0.2, 0.25) is 0 Å². The second-order valence-corrected chi connectivity index (χ2v) is 7.33. The van der Waals surface area contributed by atoms with E-state index in [4.69, 9.17) is 4.74 Å². The molecule has 0 spiro atoms. The van der Waals surface area contributed by atoms with E-state index in [1.807, 2.05) is 18.2 Å². The van der Waals surface area contributed by atoms with Gasteiger partial charge in [0.2, 0.25) is 0 Å². The Hall–Kier alpha value is -3.82. The number of nitrogens with zero attached hydrogens (tertiary/aromatic N) is 3. The second kappa shape index (κ2) is 8.37. The first-order valence-corrected chi connectivity index (χ1v) is 9.76. The van der Waals surface area contributed by atoms with E-state index in [1.165, 1.54) is 14.0 Å². The van der Waals surface area contributed by atoms with Crippen molar-refractivity contribution in [3.63, 3.8) is 0 Å². The predicted octanol–water partition coefficient (Wildman–Crippen LogP) is 4.09. The molecule has 2 aromatic heterocycles. The van der Waals surface area contributed by atoms with Crippen LogP contribution in [0.1, 0.15) is 18.5 Å². The molecule has 1 amide bonds. The number of benzene rings is 2. The van der Waals surface area contributed by atoms with Gasteiger partial charge in [-0.1, -0.05) is 18.2 Å². The lowest BCUT2D eigenvalue weighted by atomic mass is 9.99. The van der Waals surface area contributed by atoms with Gasteiger partial charge in [-0.25, -0.2) is 0 Å². The summed E-state index contributed by atoms with van der Waals surface area (Å²) >= 11 is 0. The minimum absolute atomic E-state index is 0.606. The quantitative estimate of drug-likeness (QED) is 0.470. The number of hydrogen-bond donors (Lipinski definition) is 2. The number of H-pyrrole nitrogens is 1. The van der Waals surface area contributed by atoms with E-state index in [0.717, 1.165) is 16.5 Å². The van der Waals surface area contributed by atoms with E-state index in [9.17, 15) is 18.0 Å². The zero-order chi connectivity index (χ0) is 22.9. The third kappa shape index (κ3) is 4.16. The number of aromatic amines is 1. The number of hydrogen-bond acceptors (Lipinski definition) is 4. The number of carbonyl (C=O) groups is 1. The van der Waals surface area contributed by atoms with Gasteiger partial charge >= 0.3 is 12.1 Å². The summed E-state index contributed by atoms with van der Waals surface area (Å²) in [7, 11) is 1.53. The van der Waals surface area contributed by atoms with Crippen LogP contribution in [0.15, 0.2) is 61.1 Å². The van der Waals surface area contributed by atoms with Crippen molar-refractivity contribution in [3.8, 4) is 16.9 Å². The molecule has 0 unspecified atom stereocenters.